The van der Waals surface area contributed by atoms with Crippen LogP contribution < -0.4 is 5.32 Å². The Morgan fingerprint density at radius 2 is 2.00 bits per heavy atom. The van der Waals surface area contributed by atoms with Gasteiger partial charge in [0, 0.05) is 11.4 Å². The first-order valence-corrected chi connectivity index (χ1v) is 7.68. The molecule has 2 aromatic heterocycles. The van der Waals surface area contributed by atoms with E-state index in [-0.39, 0.29) is 11.7 Å². The molecule has 4 nitrogen and oxygen atoms in total. The Hall–Kier alpha value is -2.24. The average Bonchev–Trinajstić information content (AvgIpc) is 3.26. The fourth-order valence-corrected chi connectivity index (χ4v) is 2.81. The molecular formula is C17H19F2N3O. The quantitative estimate of drug-likeness (QED) is 0.912. The van der Waals surface area contributed by atoms with Gasteiger partial charge in [-0.05, 0) is 56.9 Å². The van der Waals surface area contributed by atoms with Crippen LogP contribution in [0.3, 0.4) is 0 Å². The van der Waals surface area contributed by atoms with Crippen molar-refractivity contribution in [3.05, 3.63) is 53.1 Å². The summed E-state index contributed by atoms with van der Waals surface area (Å²) < 4.78 is 27.0. The molecule has 23 heavy (non-hydrogen) atoms. The van der Waals surface area contributed by atoms with Crippen LogP contribution in [0.25, 0.3) is 0 Å². The Bertz CT molecular complexity index is 722. The average molecular weight is 319 g/mol. The third-order valence-corrected chi connectivity index (χ3v) is 4.16. The van der Waals surface area contributed by atoms with Crippen LogP contribution in [0.15, 0.2) is 30.3 Å². The number of carbonyl (C=O) groups is 1. The number of amides is 1. The summed E-state index contributed by atoms with van der Waals surface area (Å²) in [4.78, 5) is 17.0. The smallest absolute Gasteiger partial charge is 0.319 e. The number of rotatable bonds is 5. The zero-order valence-corrected chi connectivity index (χ0v) is 13.1. The monoisotopic (exact) mass is 319 g/mol. The number of carbonyl (C=O) groups excluding carboxylic acids is 1. The van der Waals surface area contributed by atoms with Crippen molar-refractivity contribution < 1.29 is 13.6 Å². The Morgan fingerprint density at radius 3 is 2.61 bits per heavy atom. The van der Waals surface area contributed by atoms with E-state index in [1.54, 1.807) is 6.92 Å². The van der Waals surface area contributed by atoms with Gasteiger partial charge in [-0.25, -0.2) is 0 Å². The van der Waals surface area contributed by atoms with Gasteiger partial charge in [-0.3, -0.25) is 14.3 Å². The minimum absolute atomic E-state index is 0.0178. The molecule has 0 spiro atoms. The molecule has 0 bridgehead atoms. The third kappa shape index (κ3) is 3.25. The molecule has 0 radical (unpaired) electrons. The molecule has 0 saturated heterocycles. The number of hydrogen-bond donors (Lipinski definition) is 1. The van der Waals surface area contributed by atoms with Crippen LogP contribution in [0.4, 0.5) is 8.78 Å². The van der Waals surface area contributed by atoms with Crippen molar-refractivity contribution in [1.29, 1.82) is 0 Å². The second-order valence-corrected chi connectivity index (χ2v) is 6.00. The van der Waals surface area contributed by atoms with Crippen molar-refractivity contribution >= 4 is 5.91 Å². The standard InChI is InChI=1S/C17H19F2N3O/c1-10-4-3-5-13(20-10)15(12-7-8-12)21-16(23)14-9-6-11(2)22(14)17(18)19/h3-6,9,12,15,17H,7-8H2,1-2H3,(H,21,23)/t15-/m1/s1. The lowest BCUT2D eigenvalue weighted by Crippen LogP contribution is -2.32. The summed E-state index contributed by atoms with van der Waals surface area (Å²) in [5.74, 6) is -0.164. The molecule has 1 amide bonds. The number of alkyl halides is 2. The van der Waals surface area contributed by atoms with Crippen LogP contribution >= 0.6 is 0 Å². The minimum atomic E-state index is -2.73. The molecule has 1 atom stereocenters. The van der Waals surface area contributed by atoms with Gasteiger partial charge < -0.3 is 5.32 Å². The highest BCUT2D eigenvalue weighted by Crippen LogP contribution is 2.40. The molecule has 0 unspecified atom stereocenters. The number of hydrogen-bond acceptors (Lipinski definition) is 2. The van der Waals surface area contributed by atoms with Crippen molar-refractivity contribution in [3.63, 3.8) is 0 Å². The predicted molar refractivity (Wildman–Crippen MR) is 82.3 cm³/mol. The first-order valence-electron chi connectivity index (χ1n) is 7.68. The zero-order valence-electron chi connectivity index (χ0n) is 13.1. The molecule has 1 saturated carbocycles. The fraction of sp³-hybridized carbons (Fsp3) is 0.412. The summed E-state index contributed by atoms with van der Waals surface area (Å²) in [5.41, 5.74) is 2.00. The fourth-order valence-electron chi connectivity index (χ4n) is 2.81. The molecule has 2 heterocycles. The Morgan fingerprint density at radius 1 is 1.26 bits per heavy atom. The topological polar surface area (TPSA) is 46.9 Å². The van der Waals surface area contributed by atoms with Crippen LogP contribution in [0.2, 0.25) is 0 Å². The molecule has 1 aliphatic rings. The lowest BCUT2D eigenvalue weighted by molar-refractivity contribution is 0.0612. The molecule has 122 valence electrons. The SMILES string of the molecule is Cc1cccc([C@H](NC(=O)c2ccc(C)n2C(F)F)C2CC2)n1. The molecule has 0 aliphatic heterocycles. The lowest BCUT2D eigenvalue weighted by Gasteiger charge is -2.19. The van der Waals surface area contributed by atoms with Gasteiger partial charge in [-0.15, -0.1) is 0 Å². The first kappa shape index (κ1) is 15.6. The maximum absolute atomic E-state index is 13.1. The van der Waals surface area contributed by atoms with E-state index in [0.717, 1.165) is 28.8 Å². The lowest BCUT2D eigenvalue weighted by atomic mass is 10.1. The van der Waals surface area contributed by atoms with Gasteiger partial charge in [-0.2, -0.15) is 8.78 Å². The highest BCUT2D eigenvalue weighted by atomic mass is 19.3. The van der Waals surface area contributed by atoms with E-state index in [0.29, 0.717) is 11.6 Å². The summed E-state index contributed by atoms with van der Waals surface area (Å²) in [6.07, 6.45) is 2.02. The van der Waals surface area contributed by atoms with E-state index in [9.17, 15) is 13.6 Å². The van der Waals surface area contributed by atoms with E-state index in [1.165, 1.54) is 12.1 Å². The van der Waals surface area contributed by atoms with Gasteiger partial charge in [0.25, 0.3) is 5.91 Å². The molecule has 1 aliphatic carbocycles. The normalized spacial score (nSPS) is 15.7. The minimum Gasteiger partial charge on any atom is -0.342 e. The molecule has 1 N–H and O–H groups in total. The summed E-state index contributed by atoms with van der Waals surface area (Å²) in [7, 11) is 0. The van der Waals surface area contributed by atoms with Crippen molar-refractivity contribution in [2.24, 2.45) is 5.92 Å². The van der Waals surface area contributed by atoms with E-state index in [1.807, 2.05) is 25.1 Å². The van der Waals surface area contributed by atoms with Crippen molar-refractivity contribution in [3.8, 4) is 0 Å². The number of nitrogens with zero attached hydrogens (tertiary/aromatic N) is 2. The molecule has 6 heteroatoms. The van der Waals surface area contributed by atoms with Gasteiger partial charge in [0.1, 0.15) is 5.69 Å². The zero-order chi connectivity index (χ0) is 16.6. The molecular weight excluding hydrogens is 300 g/mol. The Kier molecular flexibility index (Phi) is 4.15. The maximum Gasteiger partial charge on any atom is 0.319 e. The third-order valence-electron chi connectivity index (χ3n) is 4.16. The number of pyridine rings is 1. The Balaban J connectivity index is 1.85. The van der Waals surface area contributed by atoms with Crippen LogP contribution in [-0.4, -0.2) is 15.5 Å². The van der Waals surface area contributed by atoms with Gasteiger partial charge in [0.05, 0.1) is 11.7 Å². The van der Waals surface area contributed by atoms with Crippen LogP contribution in [0.1, 0.15) is 53.0 Å². The van der Waals surface area contributed by atoms with Crippen LogP contribution in [0.5, 0.6) is 0 Å². The second-order valence-electron chi connectivity index (χ2n) is 6.00. The highest BCUT2D eigenvalue weighted by Gasteiger charge is 2.35. The number of halogens is 2. The van der Waals surface area contributed by atoms with E-state index < -0.39 is 12.5 Å². The van der Waals surface area contributed by atoms with Gasteiger partial charge in [0.15, 0.2) is 0 Å². The van der Waals surface area contributed by atoms with Crippen LogP contribution in [-0.2, 0) is 0 Å². The van der Waals surface area contributed by atoms with E-state index >= 15 is 0 Å². The molecule has 0 aromatic carbocycles. The second kappa shape index (κ2) is 6.10. The first-order chi connectivity index (χ1) is 11.0. The molecule has 2 aromatic rings. The number of aromatic nitrogens is 2. The van der Waals surface area contributed by atoms with Crippen LogP contribution in [0, 0.1) is 19.8 Å². The van der Waals surface area contributed by atoms with Crippen molar-refractivity contribution in [1.82, 2.24) is 14.9 Å². The predicted octanol–water partition coefficient (Wildman–Crippen LogP) is 3.78. The van der Waals surface area contributed by atoms with E-state index in [4.69, 9.17) is 0 Å². The summed E-state index contributed by atoms with van der Waals surface area (Å²) in [6.45, 7) is 0.714. The van der Waals surface area contributed by atoms with Crippen molar-refractivity contribution in [2.45, 2.75) is 39.3 Å². The molecule has 3 rings (SSSR count). The van der Waals surface area contributed by atoms with Crippen molar-refractivity contribution in [2.75, 3.05) is 0 Å². The van der Waals surface area contributed by atoms with E-state index in [2.05, 4.69) is 10.3 Å². The molecule has 1 fully saturated rings. The summed E-state index contributed by atoms with van der Waals surface area (Å²) in [5, 5.41) is 2.89. The van der Waals surface area contributed by atoms with Gasteiger partial charge in [-0.1, -0.05) is 6.07 Å². The van der Waals surface area contributed by atoms with Gasteiger partial charge in [0.2, 0.25) is 0 Å². The maximum atomic E-state index is 13.1. The number of nitrogens with one attached hydrogen (secondary N) is 1. The Labute approximate surface area is 133 Å². The summed E-state index contributed by atoms with van der Waals surface area (Å²) in [6, 6.07) is 8.38. The highest BCUT2D eigenvalue weighted by molar-refractivity contribution is 5.93. The number of aryl methyl sites for hydroxylation is 2. The largest absolute Gasteiger partial charge is 0.342 e. The summed E-state index contributed by atoms with van der Waals surface area (Å²) >= 11 is 0. The van der Waals surface area contributed by atoms with Gasteiger partial charge >= 0.3 is 6.55 Å².